The van der Waals surface area contributed by atoms with Crippen LogP contribution in [0.2, 0.25) is 0 Å². The first kappa shape index (κ1) is 19.3. The molecule has 6 heteroatoms. The van der Waals surface area contributed by atoms with E-state index in [4.69, 9.17) is 0 Å². The lowest BCUT2D eigenvalue weighted by Gasteiger charge is -2.36. The van der Waals surface area contributed by atoms with E-state index in [1.165, 1.54) is 12.8 Å². The molecule has 28 heavy (non-hydrogen) atoms. The van der Waals surface area contributed by atoms with E-state index < -0.39 is 10.0 Å². The SMILES string of the molecule is CC(C)c1ccc(S(=O)(=O)Nc2ccc(N3CCN(C4CC4)CC3)cc2)cc1. The van der Waals surface area contributed by atoms with E-state index in [1.807, 2.05) is 36.4 Å². The lowest BCUT2D eigenvalue weighted by Crippen LogP contribution is -2.47. The van der Waals surface area contributed by atoms with Gasteiger partial charge in [-0.05, 0) is 60.7 Å². The minimum absolute atomic E-state index is 0.289. The Morgan fingerprint density at radius 2 is 1.50 bits per heavy atom. The highest BCUT2D eigenvalue weighted by Crippen LogP contribution is 2.29. The average Bonchev–Trinajstić information content (AvgIpc) is 3.54. The van der Waals surface area contributed by atoms with Crippen molar-refractivity contribution in [3.63, 3.8) is 0 Å². The monoisotopic (exact) mass is 399 g/mol. The Morgan fingerprint density at radius 3 is 2.04 bits per heavy atom. The standard InChI is InChI=1S/C22H29N3O2S/c1-17(2)18-3-11-22(12-4-18)28(26,27)23-19-5-7-20(8-6-19)24-13-15-25(16-14-24)21-9-10-21/h3-8,11-12,17,21,23H,9-10,13-16H2,1-2H3. The van der Waals surface area contributed by atoms with Crippen molar-refractivity contribution in [2.24, 2.45) is 0 Å². The molecule has 2 aromatic carbocycles. The Morgan fingerprint density at radius 1 is 0.893 bits per heavy atom. The van der Waals surface area contributed by atoms with Crippen molar-refractivity contribution in [3.05, 3.63) is 54.1 Å². The highest BCUT2D eigenvalue weighted by molar-refractivity contribution is 7.92. The smallest absolute Gasteiger partial charge is 0.261 e. The number of piperazine rings is 1. The highest BCUT2D eigenvalue weighted by atomic mass is 32.2. The molecular formula is C22H29N3O2S. The van der Waals surface area contributed by atoms with Crippen molar-refractivity contribution in [2.75, 3.05) is 35.8 Å². The molecular weight excluding hydrogens is 370 g/mol. The summed E-state index contributed by atoms with van der Waals surface area (Å²) in [5.41, 5.74) is 2.87. The zero-order chi connectivity index (χ0) is 19.7. The van der Waals surface area contributed by atoms with Gasteiger partial charge in [-0.25, -0.2) is 8.42 Å². The summed E-state index contributed by atoms with van der Waals surface area (Å²) in [6, 6.07) is 15.6. The van der Waals surface area contributed by atoms with Crippen LogP contribution in [0.1, 0.15) is 38.2 Å². The number of nitrogens with one attached hydrogen (secondary N) is 1. The van der Waals surface area contributed by atoms with E-state index in [2.05, 4.69) is 28.4 Å². The average molecular weight is 400 g/mol. The van der Waals surface area contributed by atoms with Crippen LogP contribution in [0.3, 0.4) is 0 Å². The van der Waals surface area contributed by atoms with Crippen molar-refractivity contribution >= 4 is 21.4 Å². The van der Waals surface area contributed by atoms with E-state index in [1.54, 1.807) is 12.1 Å². The van der Waals surface area contributed by atoms with Crippen molar-refractivity contribution < 1.29 is 8.42 Å². The lowest BCUT2D eigenvalue weighted by molar-refractivity contribution is 0.248. The Kier molecular flexibility index (Phi) is 5.34. The van der Waals surface area contributed by atoms with Gasteiger partial charge in [0.25, 0.3) is 10.0 Å². The predicted octanol–water partition coefficient (Wildman–Crippen LogP) is 3.90. The molecule has 4 rings (SSSR count). The van der Waals surface area contributed by atoms with Crippen LogP contribution in [0.15, 0.2) is 53.4 Å². The molecule has 0 atom stereocenters. The maximum Gasteiger partial charge on any atom is 0.261 e. The second-order valence-corrected chi connectivity index (χ2v) is 9.81. The molecule has 0 radical (unpaired) electrons. The summed E-state index contributed by atoms with van der Waals surface area (Å²) in [6.07, 6.45) is 2.71. The number of hydrogen-bond acceptors (Lipinski definition) is 4. The van der Waals surface area contributed by atoms with Gasteiger partial charge in [0.05, 0.1) is 4.90 Å². The van der Waals surface area contributed by atoms with Crippen molar-refractivity contribution in [1.29, 1.82) is 0 Å². The van der Waals surface area contributed by atoms with Gasteiger partial charge in [-0.3, -0.25) is 9.62 Å². The third kappa shape index (κ3) is 4.33. The molecule has 1 heterocycles. The fourth-order valence-electron chi connectivity index (χ4n) is 3.77. The Labute approximate surface area is 168 Å². The van der Waals surface area contributed by atoms with Crippen LogP contribution in [0.25, 0.3) is 0 Å². The Balaban J connectivity index is 1.39. The van der Waals surface area contributed by atoms with Crippen LogP contribution >= 0.6 is 0 Å². The lowest BCUT2D eigenvalue weighted by atomic mass is 10.0. The zero-order valence-corrected chi connectivity index (χ0v) is 17.5. The van der Waals surface area contributed by atoms with Gasteiger partial charge in [0.1, 0.15) is 0 Å². The van der Waals surface area contributed by atoms with Gasteiger partial charge in [-0.1, -0.05) is 26.0 Å². The number of nitrogens with zero attached hydrogens (tertiary/aromatic N) is 2. The number of hydrogen-bond donors (Lipinski definition) is 1. The van der Waals surface area contributed by atoms with Gasteiger partial charge in [0.2, 0.25) is 0 Å². The molecule has 2 fully saturated rings. The molecule has 0 amide bonds. The fraction of sp³-hybridized carbons (Fsp3) is 0.455. The number of rotatable bonds is 6. The number of anilines is 2. The Hall–Kier alpha value is -2.05. The molecule has 0 spiro atoms. The molecule has 1 saturated carbocycles. The van der Waals surface area contributed by atoms with E-state index in [-0.39, 0.29) is 4.90 Å². The molecule has 2 aromatic rings. The maximum absolute atomic E-state index is 12.6. The maximum atomic E-state index is 12.6. The second-order valence-electron chi connectivity index (χ2n) is 8.13. The Bertz CT molecular complexity index is 896. The molecule has 1 aliphatic heterocycles. The van der Waals surface area contributed by atoms with Gasteiger partial charge in [-0.15, -0.1) is 0 Å². The summed E-state index contributed by atoms with van der Waals surface area (Å²) in [7, 11) is -3.57. The van der Waals surface area contributed by atoms with Crippen molar-refractivity contribution in [3.8, 4) is 0 Å². The molecule has 0 aromatic heterocycles. The predicted molar refractivity (Wildman–Crippen MR) is 115 cm³/mol. The summed E-state index contributed by atoms with van der Waals surface area (Å²) in [6.45, 7) is 8.48. The minimum Gasteiger partial charge on any atom is -0.369 e. The summed E-state index contributed by atoms with van der Waals surface area (Å²) in [5, 5.41) is 0. The van der Waals surface area contributed by atoms with E-state index in [0.717, 1.165) is 43.5 Å². The summed E-state index contributed by atoms with van der Waals surface area (Å²) in [5.74, 6) is 0.378. The quantitative estimate of drug-likeness (QED) is 0.801. The van der Waals surface area contributed by atoms with Crippen LogP contribution < -0.4 is 9.62 Å². The zero-order valence-electron chi connectivity index (χ0n) is 16.6. The fourth-order valence-corrected chi connectivity index (χ4v) is 4.83. The summed E-state index contributed by atoms with van der Waals surface area (Å²) in [4.78, 5) is 5.25. The normalized spacial score (nSPS) is 18.5. The molecule has 150 valence electrons. The highest BCUT2D eigenvalue weighted by Gasteiger charge is 2.31. The van der Waals surface area contributed by atoms with E-state index in [0.29, 0.717) is 11.6 Å². The van der Waals surface area contributed by atoms with Gasteiger partial charge < -0.3 is 4.90 Å². The number of benzene rings is 2. The second kappa shape index (κ2) is 7.76. The van der Waals surface area contributed by atoms with Crippen molar-refractivity contribution in [1.82, 2.24) is 4.90 Å². The third-order valence-corrected chi connectivity index (χ3v) is 7.12. The van der Waals surface area contributed by atoms with Gasteiger partial charge in [0.15, 0.2) is 0 Å². The molecule has 0 bridgehead atoms. The first-order valence-corrected chi connectivity index (χ1v) is 11.6. The topological polar surface area (TPSA) is 52.7 Å². The molecule has 2 aliphatic rings. The van der Waals surface area contributed by atoms with Gasteiger partial charge in [-0.2, -0.15) is 0 Å². The van der Waals surface area contributed by atoms with E-state index in [9.17, 15) is 8.42 Å². The van der Waals surface area contributed by atoms with Gasteiger partial charge in [0, 0.05) is 43.6 Å². The largest absolute Gasteiger partial charge is 0.369 e. The van der Waals surface area contributed by atoms with Crippen LogP contribution in [-0.2, 0) is 10.0 Å². The van der Waals surface area contributed by atoms with Crippen LogP contribution in [0.4, 0.5) is 11.4 Å². The number of sulfonamides is 1. The molecule has 0 unspecified atom stereocenters. The first-order valence-electron chi connectivity index (χ1n) is 10.1. The molecule has 1 N–H and O–H groups in total. The summed E-state index contributed by atoms with van der Waals surface area (Å²) >= 11 is 0. The van der Waals surface area contributed by atoms with Crippen molar-refractivity contribution in [2.45, 2.75) is 43.5 Å². The first-order chi connectivity index (χ1) is 13.4. The van der Waals surface area contributed by atoms with Crippen LogP contribution in [-0.4, -0.2) is 45.5 Å². The van der Waals surface area contributed by atoms with Crippen LogP contribution in [0, 0.1) is 0 Å². The molecule has 1 aliphatic carbocycles. The molecule has 1 saturated heterocycles. The third-order valence-electron chi connectivity index (χ3n) is 5.72. The van der Waals surface area contributed by atoms with Gasteiger partial charge >= 0.3 is 0 Å². The van der Waals surface area contributed by atoms with E-state index >= 15 is 0 Å². The summed E-state index contributed by atoms with van der Waals surface area (Å²) < 4.78 is 28.0. The van der Waals surface area contributed by atoms with Crippen LogP contribution in [0.5, 0.6) is 0 Å². The molecule has 5 nitrogen and oxygen atoms in total. The minimum atomic E-state index is -3.57.